The molecule has 0 fully saturated rings. The van der Waals surface area contributed by atoms with Gasteiger partial charge in [0.25, 0.3) is 11.8 Å². The molecule has 9 heteroatoms. The van der Waals surface area contributed by atoms with Crippen LogP contribution in [0.5, 0.6) is 0 Å². The van der Waals surface area contributed by atoms with Gasteiger partial charge in [0.05, 0.1) is 5.52 Å². The lowest BCUT2D eigenvalue weighted by atomic mass is 10.3. The van der Waals surface area contributed by atoms with Crippen LogP contribution in [0.15, 0.2) is 59.3 Å². The van der Waals surface area contributed by atoms with E-state index in [0.717, 1.165) is 0 Å². The number of benzene rings is 1. The monoisotopic (exact) mass is 395 g/mol. The Morgan fingerprint density at radius 2 is 1.93 bits per heavy atom. The maximum Gasteiger partial charge on any atom is 0.293 e. The molecule has 0 atom stereocenters. The van der Waals surface area contributed by atoms with Crippen LogP contribution < -0.4 is 10.6 Å². The minimum absolute atomic E-state index is 0.0486. The Hall–Kier alpha value is -3.65. The SMILES string of the molecule is Cc1cc(NC(=O)c2nc(C(=O)Nc3cccc(Cl)c3)c3ccccn23)no1. The number of pyridine rings is 1. The van der Waals surface area contributed by atoms with Crippen LogP contribution in [0, 0.1) is 6.92 Å². The van der Waals surface area contributed by atoms with Crippen LogP contribution in [0.2, 0.25) is 5.02 Å². The number of carbonyl (C=O) groups excluding carboxylic acids is 2. The second-order valence-electron chi connectivity index (χ2n) is 5.98. The quantitative estimate of drug-likeness (QED) is 0.547. The lowest BCUT2D eigenvalue weighted by Crippen LogP contribution is -2.16. The molecule has 0 saturated heterocycles. The zero-order valence-electron chi connectivity index (χ0n) is 14.6. The zero-order valence-corrected chi connectivity index (χ0v) is 15.4. The van der Waals surface area contributed by atoms with Crippen molar-refractivity contribution in [2.75, 3.05) is 10.6 Å². The van der Waals surface area contributed by atoms with E-state index in [1.807, 2.05) is 0 Å². The molecule has 0 aliphatic rings. The average Bonchev–Trinajstić information content (AvgIpc) is 3.25. The normalized spacial score (nSPS) is 10.8. The molecule has 3 aromatic heterocycles. The van der Waals surface area contributed by atoms with Crippen molar-refractivity contribution in [1.82, 2.24) is 14.5 Å². The van der Waals surface area contributed by atoms with E-state index in [1.165, 1.54) is 4.40 Å². The highest BCUT2D eigenvalue weighted by Crippen LogP contribution is 2.19. The van der Waals surface area contributed by atoms with Crippen molar-refractivity contribution >= 4 is 40.4 Å². The lowest BCUT2D eigenvalue weighted by molar-refractivity contribution is 0.101. The molecular formula is C19H14ClN5O3. The molecule has 8 nitrogen and oxygen atoms in total. The van der Waals surface area contributed by atoms with Crippen LogP contribution in [0.25, 0.3) is 5.52 Å². The first-order valence-electron chi connectivity index (χ1n) is 8.30. The van der Waals surface area contributed by atoms with Gasteiger partial charge in [0.2, 0.25) is 5.82 Å². The van der Waals surface area contributed by atoms with E-state index < -0.39 is 11.8 Å². The topological polar surface area (TPSA) is 102 Å². The average molecular weight is 396 g/mol. The van der Waals surface area contributed by atoms with E-state index in [4.69, 9.17) is 16.1 Å². The minimum Gasteiger partial charge on any atom is -0.360 e. The predicted octanol–water partition coefficient (Wildman–Crippen LogP) is 3.79. The van der Waals surface area contributed by atoms with Crippen LogP contribution >= 0.6 is 11.6 Å². The van der Waals surface area contributed by atoms with Gasteiger partial charge in [-0.2, -0.15) is 0 Å². The highest BCUT2D eigenvalue weighted by Gasteiger charge is 2.22. The number of halogens is 1. The highest BCUT2D eigenvalue weighted by atomic mass is 35.5. The standard InChI is InChI=1S/C19H14ClN5O3/c1-11-9-15(24-28-11)22-19(27)17-23-16(14-7-2-3-8-25(14)17)18(26)21-13-6-4-5-12(20)10-13/h2-10H,1H3,(H,21,26)(H,22,24,27). The summed E-state index contributed by atoms with van der Waals surface area (Å²) in [4.78, 5) is 29.7. The van der Waals surface area contributed by atoms with Crippen molar-refractivity contribution < 1.29 is 14.1 Å². The summed E-state index contributed by atoms with van der Waals surface area (Å²) >= 11 is 5.96. The number of amides is 2. The van der Waals surface area contributed by atoms with Crippen molar-refractivity contribution in [2.45, 2.75) is 6.92 Å². The summed E-state index contributed by atoms with van der Waals surface area (Å²) in [5.41, 5.74) is 1.13. The van der Waals surface area contributed by atoms with Crippen LogP contribution in [-0.2, 0) is 0 Å². The fourth-order valence-corrected chi connectivity index (χ4v) is 2.91. The second kappa shape index (κ2) is 7.16. The number of nitrogens with one attached hydrogen (secondary N) is 2. The molecule has 0 spiro atoms. The molecule has 0 bridgehead atoms. The maximum absolute atomic E-state index is 12.7. The van der Waals surface area contributed by atoms with E-state index in [0.29, 0.717) is 22.0 Å². The fourth-order valence-electron chi connectivity index (χ4n) is 2.72. The minimum atomic E-state index is -0.517. The summed E-state index contributed by atoms with van der Waals surface area (Å²) in [6.07, 6.45) is 1.65. The Morgan fingerprint density at radius 1 is 1.07 bits per heavy atom. The summed E-state index contributed by atoms with van der Waals surface area (Å²) in [7, 11) is 0. The molecule has 0 aliphatic carbocycles. The van der Waals surface area contributed by atoms with Gasteiger partial charge >= 0.3 is 0 Å². The number of hydrogen-bond acceptors (Lipinski definition) is 5. The van der Waals surface area contributed by atoms with Gasteiger partial charge in [0, 0.05) is 23.0 Å². The predicted molar refractivity (Wildman–Crippen MR) is 104 cm³/mol. The number of aromatic nitrogens is 3. The van der Waals surface area contributed by atoms with Crippen molar-refractivity contribution in [2.24, 2.45) is 0 Å². The highest BCUT2D eigenvalue weighted by molar-refractivity contribution is 6.31. The van der Waals surface area contributed by atoms with E-state index in [9.17, 15) is 9.59 Å². The van der Waals surface area contributed by atoms with Crippen molar-refractivity contribution in [3.63, 3.8) is 0 Å². The van der Waals surface area contributed by atoms with Gasteiger partial charge in [0.1, 0.15) is 5.76 Å². The Bertz CT molecular complexity index is 1200. The first-order chi connectivity index (χ1) is 13.5. The molecule has 4 aromatic rings. The molecule has 28 heavy (non-hydrogen) atoms. The van der Waals surface area contributed by atoms with Crippen LogP contribution in [-0.4, -0.2) is 26.4 Å². The zero-order chi connectivity index (χ0) is 19.7. The summed E-state index contributed by atoms with van der Waals surface area (Å²) in [5.74, 6) is -0.101. The van der Waals surface area contributed by atoms with Gasteiger partial charge in [-0.1, -0.05) is 28.9 Å². The Morgan fingerprint density at radius 3 is 2.68 bits per heavy atom. The Kier molecular flexibility index (Phi) is 4.54. The summed E-state index contributed by atoms with van der Waals surface area (Å²) < 4.78 is 6.48. The van der Waals surface area contributed by atoms with Gasteiger partial charge in [-0.15, -0.1) is 0 Å². The molecule has 0 radical (unpaired) electrons. The summed E-state index contributed by atoms with van der Waals surface area (Å²) in [6, 6.07) is 13.6. The van der Waals surface area contributed by atoms with Gasteiger partial charge in [-0.25, -0.2) is 4.98 Å². The van der Waals surface area contributed by atoms with Crippen LogP contribution in [0.1, 0.15) is 26.9 Å². The van der Waals surface area contributed by atoms with Crippen molar-refractivity contribution in [3.05, 3.63) is 77.0 Å². The van der Waals surface area contributed by atoms with E-state index in [1.54, 1.807) is 61.7 Å². The van der Waals surface area contributed by atoms with Gasteiger partial charge in [-0.05, 0) is 37.3 Å². The van der Waals surface area contributed by atoms with E-state index in [-0.39, 0.29) is 17.3 Å². The molecule has 2 amide bonds. The molecule has 2 N–H and O–H groups in total. The van der Waals surface area contributed by atoms with E-state index >= 15 is 0 Å². The van der Waals surface area contributed by atoms with Gasteiger partial charge < -0.3 is 15.2 Å². The molecular weight excluding hydrogens is 382 g/mol. The third-order valence-electron chi connectivity index (χ3n) is 3.92. The van der Waals surface area contributed by atoms with Crippen LogP contribution in [0.3, 0.4) is 0 Å². The molecule has 0 unspecified atom stereocenters. The third kappa shape index (κ3) is 3.45. The number of carbonyl (C=O) groups is 2. The second-order valence-corrected chi connectivity index (χ2v) is 6.42. The molecule has 0 saturated carbocycles. The number of hydrogen-bond donors (Lipinski definition) is 2. The molecule has 1 aromatic carbocycles. The summed E-state index contributed by atoms with van der Waals surface area (Å²) in [6.45, 7) is 1.71. The van der Waals surface area contributed by atoms with Gasteiger partial charge in [0.15, 0.2) is 11.5 Å². The smallest absolute Gasteiger partial charge is 0.293 e. The summed E-state index contributed by atoms with van der Waals surface area (Å²) in [5, 5.41) is 9.57. The number of fused-ring (bicyclic) bond motifs is 1. The van der Waals surface area contributed by atoms with Crippen molar-refractivity contribution in [1.29, 1.82) is 0 Å². The van der Waals surface area contributed by atoms with Crippen LogP contribution in [0.4, 0.5) is 11.5 Å². The van der Waals surface area contributed by atoms with E-state index in [2.05, 4.69) is 20.8 Å². The Labute approximate surface area is 164 Å². The largest absolute Gasteiger partial charge is 0.360 e. The number of aryl methyl sites for hydroxylation is 1. The first kappa shape index (κ1) is 17.7. The fraction of sp³-hybridized carbons (Fsp3) is 0.0526. The molecule has 0 aliphatic heterocycles. The van der Waals surface area contributed by atoms with Gasteiger partial charge in [-0.3, -0.25) is 14.0 Å². The third-order valence-corrected chi connectivity index (χ3v) is 4.15. The first-order valence-corrected chi connectivity index (χ1v) is 8.68. The molecule has 140 valence electrons. The Balaban J connectivity index is 1.67. The maximum atomic E-state index is 12.7. The number of anilines is 2. The molecule has 3 heterocycles. The number of nitrogens with zero attached hydrogens (tertiary/aromatic N) is 3. The lowest BCUT2D eigenvalue weighted by Gasteiger charge is -2.03. The van der Waals surface area contributed by atoms with Crippen molar-refractivity contribution in [3.8, 4) is 0 Å². The number of rotatable bonds is 4. The number of imidazole rings is 1. The molecule has 4 rings (SSSR count).